The van der Waals surface area contributed by atoms with Crippen molar-refractivity contribution in [3.05, 3.63) is 28.6 Å². The summed E-state index contributed by atoms with van der Waals surface area (Å²) >= 11 is 1.54. The van der Waals surface area contributed by atoms with Gasteiger partial charge in [0, 0.05) is 24.2 Å². The maximum Gasteiger partial charge on any atom is 0.210 e. The molecule has 0 amide bonds. The number of aromatic nitrogens is 1. The van der Waals surface area contributed by atoms with E-state index >= 15 is 0 Å². The first-order valence-corrected chi connectivity index (χ1v) is 8.28. The Bertz CT molecular complexity index is 622. The minimum absolute atomic E-state index is 0.397. The van der Waals surface area contributed by atoms with Gasteiger partial charge in [0.2, 0.25) is 6.29 Å². The van der Waals surface area contributed by atoms with Crippen molar-refractivity contribution in [1.82, 2.24) is 4.98 Å². The van der Waals surface area contributed by atoms with Gasteiger partial charge in [-0.1, -0.05) is 0 Å². The second kappa shape index (κ2) is 7.09. The molecule has 3 rings (SSSR count). The zero-order valence-electron chi connectivity index (χ0n) is 12.7. The van der Waals surface area contributed by atoms with E-state index in [9.17, 15) is 0 Å². The van der Waals surface area contributed by atoms with Gasteiger partial charge < -0.3 is 18.9 Å². The van der Waals surface area contributed by atoms with Crippen LogP contribution in [0.1, 0.15) is 25.1 Å². The molecule has 0 unspecified atom stereocenters. The van der Waals surface area contributed by atoms with E-state index in [0.29, 0.717) is 26.4 Å². The Balaban J connectivity index is 1.83. The molecule has 2 heterocycles. The Hall–Kier alpha value is -1.63. The van der Waals surface area contributed by atoms with Crippen molar-refractivity contribution in [2.45, 2.75) is 20.1 Å². The highest BCUT2D eigenvalue weighted by Crippen LogP contribution is 2.35. The van der Waals surface area contributed by atoms with E-state index < -0.39 is 6.29 Å². The molecule has 0 bridgehead atoms. The molecule has 0 saturated heterocycles. The fraction of sp³-hybridized carbons (Fsp3) is 0.438. The lowest BCUT2D eigenvalue weighted by Crippen LogP contribution is -2.15. The van der Waals surface area contributed by atoms with Crippen LogP contribution in [0.4, 0.5) is 0 Å². The van der Waals surface area contributed by atoms with Crippen molar-refractivity contribution in [2.75, 3.05) is 26.4 Å². The monoisotopic (exact) mass is 321 g/mol. The number of rotatable bonds is 6. The Morgan fingerprint density at radius 3 is 2.59 bits per heavy atom. The smallest absolute Gasteiger partial charge is 0.210 e. The molecule has 0 radical (unpaired) electrons. The van der Waals surface area contributed by atoms with Crippen molar-refractivity contribution in [3.8, 4) is 22.8 Å². The van der Waals surface area contributed by atoms with Crippen molar-refractivity contribution in [2.24, 2.45) is 0 Å². The van der Waals surface area contributed by atoms with Gasteiger partial charge in [-0.2, -0.15) is 0 Å². The molecule has 0 fully saturated rings. The van der Waals surface area contributed by atoms with Gasteiger partial charge in [0.05, 0.1) is 5.69 Å². The number of benzene rings is 1. The van der Waals surface area contributed by atoms with Gasteiger partial charge in [-0.3, -0.25) is 0 Å². The van der Waals surface area contributed by atoms with E-state index in [-0.39, 0.29) is 0 Å². The highest BCUT2D eigenvalue weighted by atomic mass is 32.1. The number of hydrogen-bond donors (Lipinski definition) is 0. The van der Waals surface area contributed by atoms with Crippen LogP contribution in [0.25, 0.3) is 11.3 Å². The van der Waals surface area contributed by atoms with Crippen LogP contribution in [0.2, 0.25) is 0 Å². The number of hydrogen-bond acceptors (Lipinski definition) is 6. The fourth-order valence-corrected chi connectivity index (χ4v) is 3.04. The van der Waals surface area contributed by atoms with E-state index in [4.69, 9.17) is 18.9 Å². The molecule has 0 aliphatic carbocycles. The standard InChI is InChI=1S/C16H19NO4S/c1-3-18-16(19-4-2)15-17-12(10-22-15)11-5-6-13-14(9-11)21-8-7-20-13/h5-6,9-10,16H,3-4,7-8H2,1-2H3. The Kier molecular flexibility index (Phi) is 4.92. The summed E-state index contributed by atoms with van der Waals surface area (Å²) in [4.78, 5) is 4.64. The predicted octanol–water partition coefficient (Wildman–Crippen LogP) is 3.65. The van der Waals surface area contributed by atoms with Gasteiger partial charge in [0.25, 0.3) is 0 Å². The minimum atomic E-state index is -0.397. The molecule has 2 aromatic rings. The summed E-state index contributed by atoms with van der Waals surface area (Å²) in [6.45, 7) is 6.24. The van der Waals surface area contributed by atoms with Crippen LogP contribution in [0.3, 0.4) is 0 Å². The molecule has 0 N–H and O–H groups in total. The van der Waals surface area contributed by atoms with Gasteiger partial charge in [-0.05, 0) is 32.0 Å². The molecule has 5 nitrogen and oxygen atoms in total. The van der Waals surface area contributed by atoms with Crippen molar-refractivity contribution >= 4 is 11.3 Å². The summed E-state index contributed by atoms with van der Waals surface area (Å²) in [6.07, 6.45) is -0.397. The average Bonchev–Trinajstić information content (AvgIpc) is 3.04. The van der Waals surface area contributed by atoms with Crippen LogP contribution >= 0.6 is 11.3 Å². The first-order valence-electron chi connectivity index (χ1n) is 7.40. The van der Waals surface area contributed by atoms with Crippen molar-refractivity contribution < 1.29 is 18.9 Å². The first kappa shape index (κ1) is 15.3. The molecule has 1 aromatic carbocycles. The van der Waals surface area contributed by atoms with Crippen LogP contribution in [-0.4, -0.2) is 31.4 Å². The number of thiazole rings is 1. The molecule has 1 aliphatic heterocycles. The zero-order chi connectivity index (χ0) is 15.4. The maximum atomic E-state index is 5.62. The van der Waals surface area contributed by atoms with Crippen molar-refractivity contribution in [3.63, 3.8) is 0 Å². The lowest BCUT2D eigenvalue weighted by Gasteiger charge is -2.18. The minimum Gasteiger partial charge on any atom is -0.486 e. The SMILES string of the molecule is CCOC(OCC)c1nc(-c2ccc3c(c2)OCCO3)cs1. The van der Waals surface area contributed by atoms with Gasteiger partial charge in [0.15, 0.2) is 11.5 Å². The Morgan fingerprint density at radius 2 is 1.86 bits per heavy atom. The number of nitrogens with zero attached hydrogens (tertiary/aromatic N) is 1. The third-order valence-corrected chi connectivity index (χ3v) is 4.06. The van der Waals surface area contributed by atoms with Gasteiger partial charge in [0.1, 0.15) is 18.2 Å². The van der Waals surface area contributed by atoms with E-state index in [0.717, 1.165) is 27.8 Å². The normalized spacial score (nSPS) is 13.6. The molecule has 6 heteroatoms. The highest BCUT2D eigenvalue weighted by molar-refractivity contribution is 7.10. The fourth-order valence-electron chi connectivity index (χ4n) is 2.22. The summed E-state index contributed by atoms with van der Waals surface area (Å²) in [5.74, 6) is 1.55. The van der Waals surface area contributed by atoms with Crippen LogP contribution in [0, 0.1) is 0 Å². The van der Waals surface area contributed by atoms with Crippen LogP contribution in [0.15, 0.2) is 23.6 Å². The lowest BCUT2D eigenvalue weighted by atomic mass is 10.1. The quantitative estimate of drug-likeness (QED) is 0.760. The molecule has 22 heavy (non-hydrogen) atoms. The zero-order valence-corrected chi connectivity index (χ0v) is 13.5. The predicted molar refractivity (Wildman–Crippen MR) is 84.5 cm³/mol. The van der Waals surface area contributed by atoms with Crippen LogP contribution < -0.4 is 9.47 Å². The van der Waals surface area contributed by atoms with E-state index in [1.54, 1.807) is 0 Å². The second-order valence-electron chi connectivity index (χ2n) is 4.67. The third-order valence-electron chi connectivity index (χ3n) is 3.20. The highest BCUT2D eigenvalue weighted by Gasteiger charge is 2.18. The molecule has 0 spiro atoms. The molecular formula is C16H19NO4S. The molecule has 1 aromatic heterocycles. The summed E-state index contributed by atoms with van der Waals surface area (Å²) in [5.41, 5.74) is 1.89. The maximum absolute atomic E-state index is 5.62. The van der Waals surface area contributed by atoms with Crippen molar-refractivity contribution in [1.29, 1.82) is 0 Å². The summed E-state index contributed by atoms with van der Waals surface area (Å²) in [6, 6.07) is 5.87. The Labute approximate surface area is 133 Å². The molecule has 1 aliphatic rings. The Morgan fingerprint density at radius 1 is 1.14 bits per heavy atom. The molecule has 0 atom stereocenters. The third kappa shape index (κ3) is 3.24. The largest absolute Gasteiger partial charge is 0.486 e. The molecule has 118 valence electrons. The molecule has 0 saturated carbocycles. The van der Waals surface area contributed by atoms with E-state index in [1.807, 2.05) is 37.4 Å². The number of fused-ring (bicyclic) bond motifs is 1. The second-order valence-corrected chi connectivity index (χ2v) is 5.56. The van der Waals surface area contributed by atoms with Gasteiger partial charge >= 0.3 is 0 Å². The topological polar surface area (TPSA) is 49.8 Å². The summed E-state index contributed by atoms with van der Waals surface area (Å²) < 4.78 is 22.3. The van der Waals surface area contributed by atoms with Gasteiger partial charge in [-0.25, -0.2) is 4.98 Å². The van der Waals surface area contributed by atoms with Gasteiger partial charge in [-0.15, -0.1) is 11.3 Å². The van der Waals surface area contributed by atoms with E-state index in [1.165, 1.54) is 11.3 Å². The van der Waals surface area contributed by atoms with E-state index in [2.05, 4.69) is 4.98 Å². The first-order chi connectivity index (χ1) is 10.8. The molecular weight excluding hydrogens is 302 g/mol. The average molecular weight is 321 g/mol. The van der Waals surface area contributed by atoms with Crippen LogP contribution in [0.5, 0.6) is 11.5 Å². The van der Waals surface area contributed by atoms with Crippen LogP contribution in [-0.2, 0) is 9.47 Å². The summed E-state index contributed by atoms with van der Waals surface area (Å²) in [5, 5.41) is 2.83. The lowest BCUT2D eigenvalue weighted by molar-refractivity contribution is -0.140. The number of ether oxygens (including phenoxy) is 4. The summed E-state index contributed by atoms with van der Waals surface area (Å²) in [7, 11) is 0.